The molecule has 0 amide bonds. The van der Waals surface area contributed by atoms with Crippen LogP contribution in [0.4, 0.5) is 49.9 Å². The number of fused-ring (bicyclic) bond motifs is 7. The van der Waals surface area contributed by atoms with Gasteiger partial charge < -0.3 is 14.7 Å². The summed E-state index contributed by atoms with van der Waals surface area (Å²) in [5, 5.41) is 0. The van der Waals surface area contributed by atoms with Crippen LogP contribution in [0, 0.1) is 5.82 Å². The van der Waals surface area contributed by atoms with Crippen molar-refractivity contribution < 1.29 is 4.39 Å². The van der Waals surface area contributed by atoms with Crippen LogP contribution in [-0.2, 0) is 10.8 Å². The van der Waals surface area contributed by atoms with Gasteiger partial charge in [0.2, 0.25) is 0 Å². The molecule has 7 aromatic carbocycles. The summed E-state index contributed by atoms with van der Waals surface area (Å²) < 4.78 is 15.2. The van der Waals surface area contributed by atoms with Gasteiger partial charge in [0, 0.05) is 50.8 Å². The second-order valence-electron chi connectivity index (χ2n) is 18.3. The van der Waals surface area contributed by atoms with Crippen LogP contribution < -0.4 is 31.1 Å². The van der Waals surface area contributed by atoms with E-state index >= 15 is 4.39 Å². The zero-order valence-electron chi connectivity index (χ0n) is 33.9. The van der Waals surface area contributed by atoms with Crippen molar-refractivity contribution in [1.82, 2.24) is 0 Å². The predicted molar refractivity (Wildman–Crippen MR) is 243 cm³/mol. The van der Waals surface area contributed by atoms with Crippen LogP contribution in [0.1, 0.15) is 65.0 Å². The topological polar surface area (TPSA) is 9.72 Å². The molecule has 2 unspecified atom stereocenters. The molecule has 3 heterocycles. The Balaban J connectivity index is 1.27. The number of benzene rings is 7. The SMILES string of the molecule is CC(C)(C)c1ccc(N2c3ccccc3B3c4ccccc4N(c4ccccc4)c4cc(N5c6ccc(F)cc6C6(C)CCCC56C)cc2c43)c(-c2ccccc2)c1. The van der Waals surface area contributed by atoms with Crippen molar-refractivity contribution in [1.29, 1.82) is 0 Å². The molecule has 1 fully saturated rings. The summed E-state index contributed by atoms with van der Waals surface area (Å²) in [7, 11) is 0. The minimum Gasteiger partial charge on any atom is -0.334 e. The first kappa shape index (κ1) is 35.1. The van der Waals surface area contributed by atoms with E-state index in [1.165, 1.54) is 55.8 Å². The van der Waals surface area contributed by atoms with E-state index in [-0.39, 0.29) is 28.9 Å². The fourth-order valence-corrected chi connectivity index (χ4v) is 11.1. The van der Waals surface area contributed by atoms with Gasteiger partial charge in [-0.2, -0.15) is 0 Å². The fraction of sp³-hybridized carbons (Fsp3) is 0.208. The van der Waals surface area contributed by atoms with Crippen LogP contribution in [-0.4, -0.2) is 12.3 Å². The van der Waals surface area contributed by atoms with E-state index in [0.29, 0.717) is 0 Å². The third-order valence-corrected chi connectivity index (χ3v) is 14.1. The van der Waals surface area contributed by atoms with Crippen molar-refractivity contribution in [2.45, 2.75) is 70.3 Å². The molecule has 0 radical (unpaired) electrons. The summed E-state index contributed by atoms with van der Waals surface area (Å²) in [6.45, 7) is 11.7. The first-order chi connectivity index (χ1) is 28.1. The second-order valence-corrected chi connectivity index (χ2v) is 18.3. The molecule has 3 aliphatic heterocycles. The number of hydrogen-bond acceptors (Lipinski definition) is 3. The highest BCUT2D eigenvalue weighted by atomic mass is 19.1. The summed E-state index contributed by atoms with van der Waals surface area (Å²) >= 11 is 0. The fourth-order valence-electron chi connectivity index (χ4n) is 11.1. The average Bonchev–Trinajstić information content (AvgIpc) is 3.64. The van der Waals surface area contributed by atoms with Gasteiger partial charge in [-0.1, -0.05) is 125 Å². The normalized spacial score (nSPS) is 20.0. The van der Waals surface area contributed by atoms with Crippen molar-refractivity contribution in [3.05, 3.63) is 175 Å². The zero-order chi connectivity index (χ0) is 39.6. The minimum atomic E-state index is -0.241. The van der Waals surface area contributed by atoms with Gasteiger partial charge in [0.1, 0.15) is 5.82 Å². The Labute approximate surface area is 342 Å². The largest absolute Gasteiger partial charge is 0.334 e. The smallest absolute Gasteiger partial charge is 0.252 e. The van der Waals surface area contributed by atoms with E-state index in [9.17, 15) is 0 Å². The van der Waals surface area contributed by atoms with Crippen LogP contribution in [0.3, 0.4) is 0 Å². The van der Waals surface area contributed by atoms with E-state index in [2.05, 4.69) is 189 Å². The van der Waals surface area contributed by atoms with E-state index in [1.54, 1.807) is 6.07 Å². The van der Waals surface area contributed by atoms with Crippen molar-refractivity contribution in [2.75, 3.05) is 14.7 Å². The van der Waals surface area contributed by atoms with Gasteiger partial charge in [-0.15, -0.1) is 0 Å². The van der Waals surface area contributed by atoms with Crippen molar-refractivity contribution >= 4 is 68.6 Å². The monoisotopic (exact) mass is 755 g/mol. The highest BCUT2D eigenvalue weighted by Crippen LogP contribution is 2.63. The van der Waals surface area contributed by atoms with Crippen molar-refractivity contribution in [2.24, 2.45) is 0 Å². The van der Waals surface area contributed by atoms with Crippen molar-refractivity contribution in [3.63, 3.8) is 0 Å². The lowest BCUT2D eigenvalue weighted by Gasteiger charge is -2.47. The number of rotatable bonds is 4. The number of anilines is 8. The molecule has 0 bridgehead atoms. The molecule has 284 valence electrons. The molecule has 0 aromatic heterocycles. The molecule has 0 spiro atoms. The Morgan fingerprint density at radius 3 is 1.84 bits per heavy atom. The lowest BCUT2D eigenvalue weighted by molar-refractivity contribution is 0.330. The van der Waals surface area contributed by atoms with Gasteiger partial charge in [-0.05, 0) is 125 Å². The number of para-hydroxylation sites is 3. The van der Waals surface area contributed by atoms with E-state index in [4.69, 9.17) is 0 Å². The Kier molecular flexibility index (Phi) is 7.55. The average molecular weight is 756 g/mol. The summed E-state index contributed by atoms with van der Waals surface area (Å²) in [4.78, 5) is 7.63. The van der Waals surface area contributed by atoms with E-state index in [0.717, 1.165) is 47.6 Å². The maximum absolute atomic E-state index is 15.2. The van der Waals surface area contributed by atoms with Gasteiger partial charge in [-0.25, -0.2) is 4.39 Å². The predicted octanol–water partition coefficient (Wildman–Crippen LogP) is 12.2. The molecule has 5 heteroatoms. The Morgan fingerprint density at radius 1 is 0.552 bits per heavy atom. The van der Waals surface area contributed by atoms with Crippen LogP contribution in [0.15, 0.2) is 158 Å². The van der Waals surface area contributed by atoms with Crippen molar-refractivity contribution in [3.8, 4) is 11.1 Å². The molecule has 1 aliphatic carbocycles. The van der Waals surface area contributed by atoms with Gasteiger partial charge in [-0.3, -0.25) is 0 Å². The first-order valence-electron chi connectivity index (χ1n) is 20.9. The van der Waals surface area contributed by atoms with Gasteiger partial charge in [0.15, 0.2) is 0 Å². The summed E-state index contributed by atoms with van der Waals surface area (Å²) in [6, 6.07) is 57.2. The van der Waals surface area contributed by atoms with E-state index < -0.39 is 0 Å². The Hall–Kier alpha value is -6.07. The molecule has 4 aliphatic rings. The Morgan fingerprint density at radius 2 is 1.16 bits per heavy atom. The molecule has 3 nitrogen and oxygen atoms in total. The maximum Gasteiger partial charge on any atom is 0.252 e. The van der Waals surface area contributed by atoms with Gasteiger partial charge in [0.25, 0.3) is 6.71 Å². The quantitative estimate of drug-likeness (QED) is 0.166. The van der Waals surface area contributed by atoms with Gasteiger partial charge >= 0.3 is 0 Å². The third-order valence-electron chi connectivity index (χ3n) is 14.1. The Bertz CT molecular complexity index is 2780. The summed E-state index contributed by atoms with van der Waals surface area (Å²) in [6.07, 6.45) is 3.15. The van der Waals surface area contributed by atoms with Crippen LogP contribution in [0.25, 0.3) is 11.1 Å². The van der Waals surface area contributed by atoms with Crippen LogP contribution >= 0.6 is 0 Å². The number of hydrogen-bond donors (Lipinski definition) is 0. The lowest BCUT2D eigenvalue weighted by atomic mass is 9.33. The minimum absolute atomic E-state index is 0.0176. The molecular weight excluding hydrogens is 708 g/mol. The molecule has 0 N–H and O–H groups in total. The summed E-state index contributed by atoms with van der Waals surface area (Å²) in [5.41, 5.74) is 17.5. The summed E-state index contributed by atoms with van der Waals surface area (Å²) in [5.74, 6) is -0.166. The zero-order valence-corrected chi connectivity index (χ0v) is 33.9. The van der Waals surface area contributed by atoms with Crippen LogP contribution in [0.5, 0.6) is 0 Å². The standard InChI is InChI=1S/C53H47BFN3/c1-51(2,3)36-25-27-44(40(31-36)35-17-8-6-9-18-35)57-47-24-15-13-22-43(47)54-42-21-12-14-23-46(42)56(38-19-10-7-11-20-38)48-33-39(34-49(57)50(48)54)58-45-28-26-37(55)32-41(45)52(4)29-16-30-53(52,58)5/h6-15,17-28,31-34H,16,29-30H2,1-5H3. The number of nitrogens with zero attached hydrogens (tertiary/aromatic N) is 3. The molecule has 58 heavy (non-hydrogen) atoms. The second kappa shape index (κ2) is 12.5. The molecular formula is C53H47BFN3. The molecule has 0 saturated heterocycles. The molecule has 7 aromatic rings. The number of halogens is 1. The highest BCUT2D eigenvalue weighted by Gasteiger charge is 2.60. The maximum atomic E-state index is 15.2. The highest BCUT2D eigenvalue weighted by molar-refractivity contribution is 7.00. The molecule has 2 atom stereocenters. The van der Waals surface area contributed by atoms with Crippen LogP contribution in [0.2, 0.25) is 0 Å². The third kappa shape index (κ3) is 4.86. The first-order valence-corrected chi connectivity index (χ1v) is 20.9. The molecule has 1 saturated carbocycles. The lowest BCUT2D eigenvalue weighted by Crippen LogP contribution is -2.61. The van der Waals surface area contributed by atoms with Gasteiger partial charge in [0.05, 0.1) is 11.2 Å². The van der Waals surface area contributed by atoms with E-state index in [1.807, 2.05) is 12.1 Å². The molecule has 11 rings (SSSR count).